The lowest BCUT2D eigenvalue weighted by molar-refractivity contribution is -0.263. The van der Waals surface area contributed by atoms with Crippen LogP contribution in [-0.4, -0.2) is 53.1 Å². The molecule has 2 aliphatic heterocycles. The Labute approximate surface area is 167 Å². The van der Waals surface area contributed by atoms with E-state index in [1.807, 2.05) is 0 Å². The van der Waals surface area contributed by atoms with E-state index in [0.29, 0.717) is 31.0 Å². The van der Waals surface area contributed by atoms with Crippen molar-refractivity contribution in [3.8, 4) is 0 Å². The van der Waals surface area contributed by atoms with E-state index in [2.05, 4.69) is 20.8 Å². The van der Waals surface area contributed by atoms with Gasteiger partial charge in [-0.15, -0.1) is 0 Å². The van der Waals surface area contributed by atoms with E-state index in [4.69, 9.17) is 14.2 Å². The first kappa shape index (κ1) is 17.5. The van der Waals surface area contributed by atoms with Crippen LogP contribution in [0.15, 0.2) is 0 Å². The summed E-state index contributed by atoms with van der Waals surface area (Å²) in [6.45, 7) is 7.98. The summed E-state index contributed by atoms with van der Waals surface area (Å²) in [7, 11) is 0. The van der Waals surface area contributed by atoms with Gasteiger partial charge in [0.05, 0.1) is 31.5 Å². The molecule has 28 heavy (non-hydrogen) atoms. The third-order valence-electron chi connectivity index (χ3n) is 11.6. The van der Waals surface area contributed by atoms with Gasteiger partial charge in [0.15, 0.2) is 5.79 Å². The molecular formula is C23H34O5. The minimum Gasteiger partial charge on any atom is -0.393 e. The van der Waals surface area contributed by atoms with Crippen molar-refractivity contribution >= 4 is 0 Å². The van der Waals surface area contributed by atoms with Crippen LogP contribution in [0.25, 0.3) is 0 Å². The molecule has 7 aliphatic rings. The van der Waals surface area contributed by atoms with E-state index >= 15 is 0 Å². The summed E-state index contributed by atoms with van der Waals surface area (Å²) in [5, 5.41) is 23.0. The van der Waals surface area contributed by atoms with E-state index < -0.39 is 11.9 Å². The zero-order valence-electron chi connectivity index (χ0n) is 17.3. The van der Waals surface area contributed by atoms with Crippen LogP contribution in [0, 0.1) is 39.9 Å². The number of hydrogen-bond acceptors (Lipinski definition) is 5. The fourth-order valence-corrected chi connectivity index (χ4v) is 10.2. The van der Waals surface area contributed by atoms with Gasteiger partial charge in [0.25, 0.3) is 0 Å². The average Bonchev–Trinajstić information content (AvgIpc) is 3.45. The summed E-state index contributed by atoms with van der Waals surface area (Å²) in [6.07, 6.45) is 5.79. The van der Waals surface area contributed by atoms with Gasteiger partial charge in [-0.2, -0.15) is 0 Å². The van der Waals surface area contributed by atoms with Crippen LogP contribution in [0.1, 0.15) is 59.3 Å². The maximum Gasteiger partial charge on any atom is 0.169 e. The smallest absolute Gasteiger partial charge is 0.169 e. The largest absolute Gasteiger partial charge is 0.393 e. The highest BCUT2D eigenvalue weighted by molar-refractivity contribution is 5.35. The van der Waals surface area contributed by atoms with Gasteiger partial charge < -0.3 is 24.4 Å². The number of aliphatic hydroxyl groups is 2. The Morgan fingerprint density at radius 3 is 2.32 bits per heavy atom. The lowest BCUT2D eigenvalue weighted by Crippen LogP contribution is -2.66. The molecule has 156 valence electrons. The second-order valence-electron chi connectivity index (χ2n) is 11.8. The standard InChI is InChI=1S/C23H34O5/c1-19-5-4-12-11-22(12,19)17(25)9-14-13(19)8-16(24)20(2)15(10-18-23(14,20)28-18)21(3)26-6-7-27-21/h12-18,24-25H,4-11H2,1-3H3/t12-,13?,14?,15?,16-,17-,18-,19-,20+,22?,23-/m1/s1. The number of ether oxygens (including phenoxy) is 3. The predicted octanol–water partition coefficient (Wildman–Crippen LogP) is 2.48. The van der Waals surface area contributed by atoms with Gasteiger partial charge in [-0.1, -0.05) is 13.8 Å². The highest BCUT2D eigenvalue weighted by atomic mass is 16.7. The molecule has 2 saturated heterocycles. The second kappa shape index (κ2) is 4.67. The van der Waals surface area contributed by atoms with Crippen molar-refractivity contribution < 1.29 is 24.4 Å². The molecule has 2 heterocycles. The first-order chi connectivity index (χ1) is 13.2. The van der Waals surface area contributed by atoms with Crippen LogP contribution in [0.3, 0.4) is 0 Å². The summed E-state index contributed by atoms with van der Waals surface area (Å²) in [4.78, 5) is 0. The number of rotatable bonds is 1. The highest BCUT2D eigenvalue weighted by Gasteiger charge is 2.87. The highest BCUT2D eigenvalue weighted by Crippen LogP contribution is 2.84. The van der Waals surface area contributed by atoms with Crippen LogP contribution in [-0.2, 0) is 14.2 Å². The quantitative estimate of drug-likeness (QED) is 0.673. The average molecular weight is 391 g/mol. The Bertz CT molecular complexity index is 749. The molecule has 0 radical (unpaired) electrons. The zero-order chi connectivity index (χ0) is 19.3. The fourth-order valence-electron chi connectivity index (χ4n) is 10.2. The molecular weight excluding hydrogens is 356 g/mol. The Hall–Kier alpha value is -0.200. The third-order valence-corrected chi connectivity index (χ3v) is 11.6. The maximum atomic E-state index is 11.7. The van der Waals surface area contributed by atoms with Gasteiger partial charge in [-0.3, -0.25) is 0 Å². The summed E-state index contributed by atoms with van der Waals surface area (Å²) < 4.78 is 18.7. The third kappa shape index (κ3) is 1.50. The predicted molar refractivity (Wildman–Crippen MR) is 100 cm³/mol. The Morgan fingerprint density at radius 1 is 0.893 bits per heavy atom. The van der Waals surface area contributed by atoms with Crippen molar-refractivity contribution in [2.24, 2.45) is 39.9 Å². The summed E-state index contributed by atoms with van der Waals surface area (Å²) >= 11 is 0. The lowest BCUT2D eigenvalue weighted by Gasteiger charge is -2.62. The molecule has 5 saturated carbocycles. The molecule has 0 amide bonds. The minimum absolute atomic E-state index is 0.129. The maximum absolute atomic E-state index is 11.7. The van der Waals surface area contributed by atoms with Gasteiger partial charge in [0.1, 0.15) is 5.60 Å². The molecule has 2 spiro atoms. The van der Waals surface area contributed by atoms with E-state index in [0.717, 1.165) is 19.3 Å². The zero-order valence-corrected chi connectivity index (χ0v) is 17.3. The molecule has 5 nitrogen and oxygen atoms in total. The molecule has 11 atom stereocenters. The van der Waals surface area contributed by atoms with Crippen molar-refractivity contribution in [1.29, 1.82) is 0 Å². The van der Waals surface area contributed by atoms with Crippen LogP contribution < -0.4 is 0 Å². The first-order valence-electron chi connectivity index (χ1n) is 11.6. The van der Waals surface area contributed by atoms with E-state index in [1.54, 1.807) is 0 Å². The number of aliphatic hydroxyl groups excluding tert-OH is 2. The minimum atomic E-state index is -0.625. The molecule has 0 bridgehead atoms. The lowest BCUT2D eigenvalue weighted by atomic mass is 9.44. The van der Waals surface area contributed by atoms with Crippen LogP contribution in [0.5, 0.6) is 0 Å². The number of hydrogen-bond donors (Lipinski definition) is 2. The molecule has 7 fully saturated rings. The number of epoxide rings is 1. The van der Waals surface area contributed by atoms with Crippen LogP contribution in [0.2, 0.25) is 0 Å². The fraction of sp³-hybridized carbons (Fsp3) is 1.00. The Morgan fingerprint density at radius 2 is 1.61 bits per heavy atom. The molecule has 7 rings (SSSR count). The van der Waals surface area contributed by atoms with Crippen LogP contribution >= 0.6 is 0 Å². The summed E-state index contributed by atoms with van der Waals surface area (Å²) in [6, 6.07) is 0. The van der Waals surface area contributed by atoms with Gasteiger partial charge in [-0.05, 0) is 68.6 Å². The van der Waals surface area contributed by atoms with E-state index in [1.165, 1.54) is 19.3 Å². The molecule has 0 aromatic heterocycles. The van der Waals surface area contributed by atoms with Gasteiger partial charge in [-0.25, -0.2) is 0 Å². The first-order valence-corrected chi connectivity index (χ1v) is 11.6. The van der Waals surface area contributed by atoms with Crippen molar-refractivity contribution in [1.82, 2.24) is 0 Å². The molecule has 4 unspecified atom stereocenters. The number of fused-ring (bicyclic) bond motifs is 2. The van der Waals surface area contributed by atoms with Gasteiger partial charge in [0, 0.05) is 16.7 Å². The summed E-state index contributed by atoms with van der Waals surface area (Å²) in [5.41, 5.74) is -0.406. The molecule has 5 aliphatic carbocycles. The Balaban J connectivity index is 1.33. The van der Waals surface area contributed by atoms with Crippen molar-refractivity contribution in [3.05, 3.63) is 0 Å². The normalized spacial score (nSPS) is 67.8. The molecule has 0 aromatic rings. The van der Waals surface area contributed by atoms with E-state index in [9.17, 15) is 10.2 Å². The SMILES string of the molecule is CC1(C2C[C@H]3O[C@]34C3C[C@@H](O)C56C[C@H]5CC[C@]6(C)C3C[C@@H](O)[C@]24C)OCCO1. The van der Waals surface area contributed by atoms with Crippen molar-refractivity contribution in [2.75, 3.05) is 13.2 Å². The Kier molecular flexibility index (Phi) is 2.92. The second-order valence-corrected chi connectivity index (χ2v) is 11.8. The topological polar surface area (TPSA) is 71.5 Å². The molecule has 2 N–H and O–H groups in total. The van der Waals surface area contributed by atoms with Crippen molar-refractivity contribution in [2.45, 2.75) is 89.0 Å². The van der Waals surface area contributed by atoms with Crippen molar-refractivity contribution in [3.63, 3.8) is 0 Å². The van der Waals surface area contributed by atoms with Gasteiger partial charge >= 0.3 is 0 Å². The summed E-state index contributed by atoms with van der Waals surface area (Å²) in [5.74, 6) is 1.01. The molecule has 0 aromatic carbocycles. The van der Waals surface area contributed by atoms with Gasteiger partial charge in [0.2, 0.25) is 0 Å². The van der Waals surface area contributed by atoms with E-state index in [-0.39, 0.29) is 40.0 Å². The monoisotopic (exact) mass is 390 g/mol. The molecule has 5 heteroatoms. The van der Waals surface area contributed by atoms with Crippen LogP contribution in [0.4, 0.5) is 0 Å².